The fourth-order valence-electron chi connectivity index (χ4n) is 3.82. The van der Waals surface area contributed by atoms with Crippen LogP contribution in [0.2, 0.25) is 0 Å². The predicted molar refractivity (Wildman–Crippen MR) is 114 cm³/mol. The van der Waals surface area contributed by atoms with Crippen LogP contribution in [-0.2, 0) is 17.8 Å². The minimum absolute atomic E-state index is 0.0306. The van der Waals surface area contributed by atoms with E-state index < -0.39 is 6.04 Å². The summed E-state index contributed by atoms with van der Waals surface area (Å²) in [6.07, 6.45) is 3.42. The number of halogens is 1. The van der Waals surface area contributed by atoms with E-state index in [0.29, 0.717) is 17.7 Å². The van der Waals surface area contributed by atoms with Gasteiger partial charge in [-0.05, 0) is 47.9 Å². The van der Waals surface area contributed by atoms with E-state index >= 15 is 0 Å². The normalized spacial score (nSPS) is 16.4. The Bertz CT molecular complexity index is 1180. The lowest BCUT2D eigenvalue weighted by atomic mass is 9.90. The first kappa shape index (κ1) is 20.7. The van der Waals surface area contributed by atoms with E-state index in [1.165, 1.54) is 17.0 Å². The number of fused-ring (bicyclic) bond motifs is 1. The van der Waals surface area contributed by atoms with Crippen molar-refractivity contribution in [2.24, 2.45) is 0 Å². The lowest BCUT2D eigenvalue weighted by molar-refractivity contribution is -0.115. The zero-order valence-electron chi connectivity index (χ0n) is 17.3. The molecule has 0 saturated carbocycles. The van der Waals surface area contributed by atoms with Crippen molar-refractivity contribution in [2.45, 2.75) is 25.9 Å². The second kappa shape index (κ2) is 8.31. The molecule has 8 heteroatoms. The summed E-state index contributed by atoms with van der Waals surface area (Å²) in [5, 5.41) is 17.3. The van der Waals surface area contributed by atoms with Crippen molar-refractivity contribution in [1.82, 2.24) is 20.0 Å². The Labute approximate surface area is 178 Å². The second-order valence-electron chi connectivity index (χ2n) is 7.66. The molecule has 7 nitrogen and oxygen atoms in total. The van der Waals surface area contributed by atoms with Gasteiger partial charge in [-0.3, -0.25) is 9.48 Å². The quantitative estimate of drug-likeness (QED) is 0.640. The molecule has 0 spiro atoms. The van der Waals surface area contributed by atoms with Crippen LogP contribution < -0.4 is 5.32 Å². The lowest BCUT2D eigenvalue weighted by Gasteiger charge is -2.30. The number of urea groups is 1. The van der Waals surface area contributed by atoms with E-state index in [1.807, 2.05) is 19.1 Å². The van der Waals surface area contributed by atoms with Gasteiger partial charge >= 0.3 is 6.03 Å². The van der Waals surface area contributed by atoms with Crippen LogP contribution >= 0.6 is 0 Å². The third-order valence-electron chi connectivity index (χ3n) is 5.52. The van der Waals surface area contributed by atoms with Crippen LogP contribution in [0.5, 0.6) is 0 Å². The standard InChI is InChI=1S/C23H23FN4O3/c1-14-9-17-12-25-28(7-8-29)20(17)10-16(14)11-21(30)19-13-27(2)23(31)26-22(19)15-3-5-18(24)6-4-15/h3-6,9-10,12-13,22,29H,7-8,11H2,1-2H3,(H,26,31)/t22-/m0/s1. The zero-order chi connectivity index (χ0) is 22.1. The number of benzene rings is 2. The molecule has 31 heavy (non-hydrogen) atoms. The molecule has 1 aliphatic heterocycles. The highest BCUT2D eigenvalue weighted by atomic mass is 19.1. The number of aryl methyl sites for hydroxylation is 1. The Morgan fingerprint density at radius 1 is 1.26 bits per heavy atom. The number of ketones is 1. The minimum Gasteiger partial charge on any atom is -0.394 e. The summed E-state index contributed by atoms with van der Waals surface area (Å²) in [6.45, 7) is 2.28. The number of hydrogen-bond acceptors (Lipinski definition) is 4. The summed E-state index contributed by atoms with van der Waals surface area (Å²) in [6, 6.07) is 8.65. The Morgan fingerprint density at radius 3 is 2.71 bits per heavy atom. The highest BCUT2D eigenvalue weighted by Gasteiger charge is 2.30. The van der Waals surface area contributed by atoms with E-state index in [4.69, 9.17) is 0 Å². The number of hydrogen-bond donors (Lipinski definition) is 2. The maximum atomic E-state index is 13.4. The topological polar surface area (TPSA) is 87.5 Å². The van der Waals surface area contributed by atoms with Crippen molar-refractivity contribution < 1.29 is 19.1 Å². The molecule has 0 fully saturated rings. The second-order valence-corrected chi connectivity index (χ2v) is 7.66. The molecule has 1 atom stereocenters. The first-order valence-corrected chi connectivity index (χ1v) is 9.97. The maximum Gasteiger partial charge on any atom is 0.321 e. The molecule has 1 aliphatic rings. The van der Waals surface area contributed by atoms with Gasteiger partial charge in [0.15, 0.2) is 5.78 Å². The highest BCUT2D eigenvalue weighted by Crippen LogP contribution is 2.29. The maximum absolute atomic E-state index is 13.4. The van der Waals surface area contributed by atoms with Gasteiger partial charge in [0.1, 0.15) is 5.82 Å². The first-order chi connectivity index (χ1) is 14.9. The van der Waals surface area contributed by atoms with E-state index in [9.17, 15) is 19.1 Å². The van der Waals surface area contributed by atoms with Gasteiger partial charge in [-0.15, -0.1) is 0 Å². The molecule has 2 N–H and O–H groups in total. The summed E-state index contributed by atoms with van der Waals surface area (Å²) in [5.74, 6) is -0.528. The van der Waals surface area contributed by atoms with Gasteiger partial charge in [0.05, 0.1) is 30.9 Å². The fraction of sp³-hybridized carbons (Fsp3) is 0.261. The van der Waals surface area contributed by atoms with Crippen molar-refractivity contribution in [3.05, 3.63) is 76.9 Å². The van der Waals surface area contributed by atoms with Gasteiger partial charge < -0.3 is 15.3 Å². The Hall–Kier alpha value is -3.52. The van der Waals surface area contributed by atoms with Gasteiger partial charge in [-0.1, -0.05) is 12.1 Å². The van der Waals surface area contributed by atoms with Crippen LogP contribution in [0.1, 0.15) is 22.7 Å². The van der Waals surface area contributed by atoms with Crippen molar-refractivity contribution in [3.8, 4) is 0 Å². The van der Waals surface area contributed by atoms with Crippen LogP contribution in [0.15, 0.2) is 54.4 Å². The first-order valence-electron chi connectivity index (χ1n) is 9.97. The zero-order valence-corrected chi connectivity index (χ0v) is 17.3. The summed E-state index contributed by atoms with van der Waals surface area (Å²) >= 11 is 0. The van der Waals surface area contributed by atoms with Crippen molar-refractivity contribution in [3.63, 3.8) is 0 Å². The monoisotopic (exact) mass is 422 g/mol. The number of nitrogens with one attached hydrogen (secondary N) is 1. The van der Waals surface area contributed by atoms with Gasteiger partial charge in [0.2, 0.25) is 0 Å². The largest absolute Gasteiger partial charge is 0.394 e. The van der Waals surface area contributed by atoms with Crippen LogP contribution in [0, 0.1) is 12.7 Å². The molecular weight excluding hydrogens is 399 g/mol. The number of Topliss-reactive ketones (excluding diaryl/α,β-unsaturated/α-hetero) is 1. The Balaban J connectivity index is 1.67. The Morgan fingerprint density at radius 2 is 2.00 bits per heavy atom. The molecule has 3 aromatic rings. The average Bonchev–Trinajstić information content (AvgIpc) is 3.12. The number of aliphatic hydroxyl groups is 1. The molecule has 2 heterocycles. The summed E-state index contributed by atoms with van der Waals surface area (Å²) < 4.78 is 15.1. The number of aromatic nitrogens is 2. The summed E-state index contributed by atoms with van der Waals surface area (Å²) in [5.41, 5.74) is 3.71. The summed E-state index contributed by atoms with van der Waals surface area (Å²) in [4.78, 5) is 26.9. The average molecular weight is 422 g/mol. The number of rotatable bonds is 6. The van der Waals surface area contributed by atoms with Gasteiger partial charge in [-0.25, -0.2) is 9.18 Å². The highest BCUT2D eigenvalue weighted by molar-refractivity contribution is 6.00. The third-order valence-corrected chi connectivity index (χ3v) is 5.52. The molecule has 4 rings (SSSR count). The summed E-state index contributed by atoms with van der Waals surface area (Å²) in [7, 11) is 1.58. The molecule has 0 bridgehead atoms. The molecule has 2 aromatic carbocycles. The molecule has 0 unspecified atom stereocenters. The van der Waals surface area contributed by atoms with E-state index in [0.717, 1.165) is 22.0 Å². The third kappa shape index (κ3) is 4.06. The molecule has 2 amide bonds. The SMILES string of the molecule is Cc1cc2cnn(CCO)c2cc1CC(=O)C1=CN(C)C(=O)N[C@H]1c1ccc(F)cc1. The van der Waals surface area contributed by atoms with Crippen molar-refractivity contribution >= 4 is 22.7 Å². The molecule has 0 radical (unpaired) electrons. The number of carbonyl (C=O) groups is 2. The van der Waals surface area contributed by atoms with Crippen LogP contribution in [0.25, 0.3) is 10.9 Å². The lowest BCUT2D eigenvalue weighted by Crippen LogP contribution is -2.43. The molecule has 160 valence electrons. The van der Waals surface area contributed by atoms with E-state index in [1.54, 1.807) is 36.3 Å². The number of nitrogens with zero attached hydrogens (tertiary/aromatic N) is 3. The van der Waals surface area contributed by atoms with Crippen LogP contribution in [0.3, 0.4) is 0 Å². The molecule has 0 aliphatic carbocycles. The van der Waals surface area contributed by atoms with Crippen molar-refractivity contribution in [1.29, 1.82) is 0 Å². The predicted octanol–water partition coefficient (Wildman–Crippen LogP) is 2.87. The van der Waals surface area contributed by atoms with Gasteiger partial charge in [-0.2, -0.15) is 5.10 Å². The van der Waals surface area contributed by atoms with Crippen molar-refractivity contribution in [2.75, 3.05) is 13.7 Å². The van der Waals surface area contributed by atoms with E-state index in [2.05, 4.69) is 10.4 Å². The fourth-order valence-corrected chi connectivity index (χ4v) is 3.82. The Kier molecular flexibility index (Phi) is 5.56. The molecule has 1 aromatic heterocycles. The number of amides is 2. The van der Waals surface area contributed by atoms with E-state index in [-0.39, 0.29) is 30.7 Å². The minimum atomic E-state index is -0.652. The van der Waals surface area contributed by atoms with Crippen LogP contribution in [-0.4, -0.2) is 45.3 Å². The number of carbonyl (C=O) groups excluding carboxylic acids is 2. The van der Waals surface area contributed by atoms with Crippen LogP contribution in [0.4, 0.5) is 9.18 Å². The smallest absolute Gasteiger partial charge is 0.321 e. The molecule has 0 saturated heterocycles. The van der Waals surface area contributed by atoms with Gasteiger partial charge in [0, 0.05) is 30.6 Å². The molecular formula is C23H23FN4O3. The number of aliphatic hydroxyl groups excluding tert-OH is 1. The van der Waals surface area contributed by atoms with Gasteiger partial charge in [0.25, 0.3) is 0 Å².